The fourth-order valence-corrected chi connectivity index (χ4v) is 3.32. The zero-order chi connectivity index (χ0) is 19.0. The molecule has 2 aliphatic rings. The second-order valence-electron chi connectivity index (χ2n) is 6.61. The van der Waals surface area contributed by atoms with Gasteiger partial charge in [-0.2, -0.15) is 0 Å². The number of halogens is 1. The summed E-state index contributed by atoms with van der Waals surface area (Å²) in [6.45, 7) is 3.61. The summed E-state index contributed by atoms with van der Waals surface area (Å²) >= 11 is 0. The number of hydrogen-bond donors (Lipinski definition) is 0. The van der Waals surface area contributed by atoms with Crippen LogP contribution in [0.2, 0.25) is 0 Å². The first-order chi connectivity index (χ1) is 13.0. The quantitative estimate of drug-likeness (QED) is 0.815. The van der Waals surface area contributed by atoms with Gasteiger partial charge >= 0.3 is 0 Å². The fourth-order valence-electron chi connectivity index (χ4n) is 3.32. The smallest absolute Gasteiger partial charge is 0.254 e. The highest BCUT2D eigenvalue weighted by atomic mass is 19.1. The van der Waals surface area contributed by atoms with Crippen molar-refractivity contribution < 1.29 is 23.5 Å². The van der Waals surface area contributed by atoms with Gasteiger partial charge in [-0.25, -0.2) is 4.39 Å². The third kappa shape index (κ3) is 3.32. The van der Waals surface area contributed by atoms with E-state index in [1.807, 2.05) is 0 Å². The molecule has 2 aromatic carbocycles. The van der Waals surface area contributed by atoms with E-state index in [0.717, 1.165) is 5.56 Å². The average Bonchev–Trinajstić information content (AvgIpc) is 3.16. The molecule has 7 heteroatoms. The number of carbonyl (C=O) groups is 2. The predicted molar refractivity (Wildman–Crippen MR) is 95.5 cm³/mol. The molecule has 27 heavy (non-hydrogen) atoms. The fraction of sp³-hybridized carbons (Fsp3) is 0.300. The van der Waals surface area contributed by atoms with Gasteiger partial charge in [0.05, 0.1) is 0 Å². The first-order valence-corrected chi connectivity index (χ1v) is 8.77. The van der Waals surface area contributed by atoms with E-state index in [0.29, 0.717) is 48.8 Å². The minimum Gasteiger partial charge on any atom is -0.454 e. The second-order valence-corrected chi connectivity index (χ2v) is 6.61. The van der Waals surface area contributed by atoms with E-state index in [-0.39, 0.29) is 18.6 Å². The van der Waals surface area contributed by atoms with Gasteiger partial charge in [0.25, 0.3) is 11.8 Å². The van der Waals surface area contributed by atoms with Crippen molar-refractivity contribution in [2.45, 2.75) is 6.92 Å². The summed E-state index contributed by atoms with van der Waals surface area (Å²) in [6.07, 6.45) is 0. The highest BCUT2D eigenvalue weighted by Gasteiger charge is 2.27. The maximum atomic E-state index is 13.5. The lowest BCUT2D eigenvalue weighted by molar-refractivity contribution is 0.0534. The van der Waals surface area contributed by atoms with Crippen molar-refractivity contribution in [3.63, 3.8) is 0 Å². The van der Waals surface area contributed by atoms with Crippen molar-refractivity contribution in [2.24, 2.45) is 0 Å². The molecular formula is C20H19FN2O4. The maximum Gasteiger partial charge on any atom is 0.254 e. The van der Waals surface area contributed by atoms with Gasteiger partial charge in [0, 0.05) is 37.3 Å². The molecule has 4 rings (SSSR count). The van der Waals surface area contributed by atoms with Crippen molar-refractivity contribution in [1.29, 1.82) is 0 Å². The number of ether oxygens (including phenoxy) is 2. The normalized spacial score (nSPS) is 15.8. The first kappa shape index (κ1) is 17.3. The molecule has 140 valence electrons. The number of aryl methyl sites for hydroxylation is 1. The van der Waals surface area contributed by atoms with Gasteiger partial charge in [0.1, 0.15) is 5.82 Å². The van der Waals surface area contributed by atoms with Crippen molar-refractivity contribution in [1.82, 2.24) is 9.80 Å². The minimum absolute atomic E-state index is 0.109. The largest absolute Gasteiger partial charge is 0.454 e. The molecule has 1 fully saturated rings. The van der Waals surface area contributed by atoms with Crippen molar-refractivity contribution in [2.75, 3.05) is 33.0 Å². The Labute approximate surface area is 156 Å². The maximum absolute atomic E-state index is 13.5. The van der Waals surface area contributed by atoms with Crippen LogP contribution in [-0.2, 0) is 0 Å². The molecule has 2 amide bonds. The van der Waals surface area contributed by atoms with E-state index in [1.165, 1.54) is 12.1 Å². The lowest BCUT2D eigenvalue weighted by atomic mass is 10.1. The van der Waals surface area contributed by atoms with Gasteiger partial charge in [-0.15, -0.1) is 0 Å². The van der Waals surface area contributed by atoms with Crippen LogP contribution >= 0.6 is 0 Å². The Morgan fingerprint density at radius 2 is 1.56 bits per heavy atom. The lowest BCUT2D eigenvalue weighted by Gasteiger charge is -2.35. The first-order valence-electron chi connectivity index (χ1n) is 8.77. The van der Waals surface area contributed by atoms with Crippen LogP contribution in [-0.4, -0.2) is 54.6 Å². The van der Waals surface area contributed by atoms with Gasteiger partial charge in [-0.3, -0.25) is 9.59 Å². The number of rotatable bonds is 2. The summed E-state index contributed by atoms with van der Waals surface area (Å²) in [5.74, 6) is 0.453. The average molecular weight is 370 g/mol. The molecule has 2 aliphatic heterocycles. The zero-order valence-electron chi connectivity index (χ0n) is 14.9. The second kappa shape index (κ2) is 6.90. The zero-order valence-corrected chi connectivity index (χ0v) is 14.9. The standard InChI is InChI=1S/C20H19FN2O4/c1-13-2-4-15(21)11-16(13)20(25)23-8-6-22(7-9-23)19(24)14-3-5-17-18(10-14)27-12-26-17/h2-5,10-11H,6-9,12H2,1H3. The third-order valence-corrected chi connectivity index (χ3v) is 4.90. The summed E-state index contributed by atoms with van der Waals surface area (Å²) in [4.78, 5) is 28.8. The Hall–Kier alpha value is -3.09. The van der Waals surface area contributed by atoms with Crippen LogP contribution in [0.25, 0.3) is 0 Å². The number of hydrogen-bond acceptors (Lipinski definition) is 4. The lowest BCUT2D eigenvalue weighted by Crippen LogP contribution is -2.50. The minimum atomic E-state index is -0.430. The molecule has 0 spiro atoms. The number of amides is 2. The van der Waals surface area contributed by atoms with E-state index < -0.39 is 5.82 Å². The van der Waals surface area contributed by atoms with Gasteiger partial charge in [0.2, 0.25) is 6.79 Å². The summed E-state index contributed by atoms with van der Waals surface area (Å²) < 4.78 is 24.1. The molecule has 0 radical (unpaired) electrons. The summed E-state index contributed by atoms with van der Waals surface area (Å²) in [5.41, 5.74) is 1.63. The molecule has 0 aliphatic carbocycles. The number of nitrogens with zero attached hydrogens (tertiary/aromatic N) is 2. The molecule has 0 atom stereocenters. The Kier molecular flexibility index (Phi) is 4.43. The Balaban J connectivity index is 1.42. The number of carbonyl (C=O) groups excluding carboxylic acids is 2. The Morgan fingerprint density at radius 1 is 0.889 bits per heavy atom. The highest BCUT2D eigenvalue weighted by molar-refractivity contribution is 5.97. The molecule has 0 N–H and O–H groups in total. The van der Waals surface area contributed by atoms with Crippen molar-refractivity contribution >= 4 is 11.8 Å². The molecule has 0 unspecified atom stereocenters. The van der Waals surface area contributed by atoms with E-state index in [4.69, 9.17) is 9.47 Å². The van der Waals surface area contributed by atoms with E-state index in [2.05, 4.69) is 0 Å². The molecular weight excluding hydrogens is 351 g/mol. The van der Waals surface area contributed by atoms with Crippen LogP contribution in [0.15, 0.2) is 36.4 Å². The SMILES string of the molecule is Cc1ccc(F)cc1C(=O)N1CCN(C(=O)c2ccc3c(c2)OCO3)CC1. The Bertz CT molecular complexity index is 907. The van der Waals surface area contributed by atoms with Crippen LogP contribution in [0.4, 0.5) is 4.39 Å². The predicted octanol–water partition coefficient (Wildman–Crippen LogP) is 2.46. The van der Waals surface area contributed by atoms with Crippen LogP contribution < -0.4 is 9.47 Å². The van der Waals surface area contributed by atoms with Gasteiger partial charge < -0.3 is 19.3 Å². The molecule has 2 heterocycles. The number of piperazine rings is 1. The monoisotopic (exact) mass is 370 g/mol. The van der Waals surface area contributed by atoms with E-state index in [9.17, 15) is 14.0 Å². The topological polar surface area (TPSA) is 59.1 Å². The van der Waals surface area contributed by atoms with Crippen LogP contribution in [0.3, 0.4) is 0 Å². The summed E-state index contributed by atoms with van der Waals surface area (Å²) in [7, 11) is 0. The van der Waals surface area contributed by atoms with Gasteiger partial charge in [-0.1, -0.05) is 6.07 Å². The highest BCUT2D eigenvalue weighted by Crippen LogP contribution is 2.32. The number of benzene rings is 2. The number of fused-ring (bicyclic) bond motifs is 1. The summed E-state index contributed by atoms with van der Waals surface area (Å²) in [6, 6.07) is 9.32. The van der Waals surface area contributed by atoms with Gasteiger partial charge in [0.15, 0.2) is 11.5 Å². The van der Waals surface area contributed by atoms with E-state index >= 15 is 0 Å². The molecule has 1 saturated heterocycles. The van der Waals surface area contributed by atoms with Crippen LogP contribution in [0, 0.1) is 12.7 Å². The molecule has 0 saturated carbocycles. The third-order valence-electron chi connectivity index (χ3n) is 4.90. The van der Waals surface area contributed by atoms with Crippen molar-refractivity contribution in [3.8, 4) is 11.5 Å². The van der Waals surface area contributed by atoms with Crippen molar-refractivity contribution in [3.05, 3.63) is 58.9 Å². The molecule has 0 bridgehead atoms. The molecule has 0 aromatic heterocycles. The van der Waals surface area contributed by atoms with E-state index in [1.54, 1.807) is 41.0 Å². The van der Waals surface area contributed by atoms with Crippen LogP contribution in [0.5, 0.6) is 11.5 Å². The molecule has 2 aromatic rings. The molecule has 6 nitrogen and oxygen atoms in total. The Morgan fingerprint density at radius 3 is 2.30 bits per heavy atom. The summed E-state index contributed by atoms with van der Waals surface area (Å²) in [5, 5.41) is 0. The van der Waals surface area contributed by atoms with Crippen LogP contribution in [0.1, 0.15) is 26.3 Å². The van der Waals surface area contributed by atoms with Gasteiger partial charge in [-0.05, 0) is 42.8 Å².